The Kier molecular flexibility index (Phi) is 9.30. The number of ether oxygens (including phenoxy) is 2. The number of benzene rings is 2. The molecule has 0 amide bonds. The van der Waals surface area contributed by atoms with E-state index in [0.29, 0.717) is 24.9 Å². The Bertz CT molecular complexity index is 806. The fourth-order valence-corrected chi connectivity index (χ4v) is 3.27. The van der Waals surface area contributed by atoms with Crippen molar-refractivity contribution in [2.24, 2.45) is 4.99 Å². The molecule has 3 rings (SSSR count). The zero-order chi connectivity index (χ0) is 19.8. The van der Waals surface area contributed by atoms with Crippen LogP contribution in [0.25, 0.3) is 0 Å². The number of nitrogens with one attached hydrogen (secondary N) is 2. The van der Waals surface area contributed by atoms with E-state index < -0.39 is 0 Å². The first-order chi connectivity index (χ1) is 13.7. The van der Waals surface area contributed by atoms with Gasteiger partial charge in [0.25, 0.3) is 0 Å². The van der Waals surface area contributed by atoms with Crippen LogP contribution in [-0.2, 0) is 0 Å². The summed E-state index contributed by atoms with van der Waals surface area (Å²) in [5.74, 6) is 1.84. The molecule has 1 fully saturated rings. The lowest BCUT2D eigenvalue weighted by Gasteiger charge is -2.22. The van der Waals surface area contributed by atoms with Gasteiger partial charge in [0.15, 0.2) is 5.96 Å². The molecule has 158 valence electrons. The minimum absolute atomic E-state index is 0. The highest BCUT2D eigenvalue weighted by Gasteiger charge is 2.25. The van der Waals surface area contributed by atoms with E-state index in [0.717, 1.165) is 36.9 Å². The predicted molar refractivity (Wildman–Crippen MR) is 125 cm³/mol. The van der Waals surface area contributed by atoms with E-state index in [2.05, 4.69) is 26.6 Å². The third-order valence-corrected chi connectivity index (χ3v) is 4.64. The molecule has 1 unspecified atom stereocenters. The molecule has 1 saturated heterocycles. The van der Waals surface area contributed by atoms with E-state index in [-0.39, 0.29) is 29.8 Å². The molecule has 1 heterocycles. The summed E-state index contributed by atoms with van der Waals surface area (Å²) < 4.78 is 24.2. The first-order valence-electron chi connectivity index (χ1n) is 9.43. The van der Waals surface area contributed by atoms with Gasteiger partial charge in [-0.1, -0.05) is 18.2 Å². The molecule has 1 aliphatic heterocycles. The van der Waals surface area contributed by atoms with Crippen LogP contribution >= 0.6 is 24.0 Å². The van der Waals surface area contributed by atoms with Gasteiger partial charge in [0.2, 0.25) is 0 Å². The standard InChI is InChI=1S/C21H27FN4O2.HI/c1-23-21(24-11-13-28-18-7-5-6-16(22)14-18)25-17-10-12-26(15-17)19-8-3-4-9-20(19)27-2;/h3-9,14,17H,10-13,15H2,1-2H3,(H2,23,24,25);1H. The highest BCUT2D eigenvalue weighted by Crippen LogP contribution is 2.30. The molecule has 2 aromatic carbocycles. The molecule has 0 spiro atoms. The molecular weight excluding hydrogens is 486 g/mol. The van der Waals surface area contributed by atoms with Crippen LogP contribution < -0.4 is 25.0 Å². The molecule has 0 aromatic heterocycles. The number of hydrogen-bond donors (Lipinski definition) is 2. The van der Waals surface area contributed by atoms with Gasteiger partial charge in [-0.25, -0.2) is 4.39 Å². The second-order valence-corrected chi connectivity index (χ2v) is 6.55. The van der Waals surface area contributed by atoms with E-state index in [9.17, 15) is 4.39 Å². The molecular formula is C21H28FIN4O2. The minimum atomic E-state index is -0.302. The van der Waals surface area contributed by atoms with Gasteiger partial charge in [-0.2, -0.15) is 0 Å². The summed E-state index contributed by atoms with van der Waals surface area (Å²) in [5, 5.41) is 6.69. The molecule has 2 N–H and O–H groups in total. The Labute approximate surface area is 188 Å². The minimum Gasteiger partial charge on any atom is -0.495 e. The van der Waals surface area contributed by atoms with Crippen LogP contribution in [0.3, 0.4) is 0 Å². The lowest BCUT2D eigenvalue weighted by molar-refractivity contribution is 0.320. The van der Waals surface area contributed by atoms with E-state index in [1.165, 1.54) is 12.1 Å². The molecule has 1 atom stereocenters. The lowest BCUT2D eigenvalue weighted by Crippen LogP contribution is -2.45. The molecule has 6 nitrogen and oxygen atoms in total. The number of aliphatic imine (C=N–C) groups is 1. The summed E-state index contributed by atoms with van der Waals surface area (Å²) in [7, 11) is 3.44. The quantitative estimate of drug-likeness (QED) is 0.257. The van der Waals surface area contributed by atoms with Crippen molar-refractivity contribution < 1.29 is 13.9 Å². The summed E-state index contributed by atoms with van der Waals surface area (Å²) in [4.78, 5) is 6.59. The Morgan fingerprint density at radius 1 is 1.24 bits per heavy atom. The molecule has 0 aliphatic carbocycles. The van der Waals surface area contributed by atoms with Crippen LogP contribution in [0.5, 0.6) is 11.5 Å². The van der Waals surface area contributed by atoms with Crippen LogP contribution in [0.1, 0.15) is 6.42 Å². The van der Waals surface area contributed by atoms with Gasteiger partial charge in [-0.3, -0.25) is 4.99 Å². The molecule has 29 heavy (non-hydrogen) atoms. The SMILES string of the molecule is CN=C(NCCOc1cccc(F)c1)NC1CCN(c2ccccc2OC)C1.I. The normalized spacial score (nSPS) is 16.2. The van der Waals surface area contributed by atoms with Crippen molar-refractivity contribution in [3.05, 3.63) is 54.3 Å². The molecule has 1 aliphatic rings. The van der Waals surface area contributed by atoms with E-state index in [1.54, 1.807) is 26.3 Å². The summed E-state index contributed by atoms with van der Waals surface area (Å²) in [5.41, 5.74) is 1.11. The smallest absolute Gasteiger partial charge is 0.191 e. The topological polar surface area (TPSA) is 58.1 Å². The summed E-state index contributed by atoms with van der Waals surface area (Å²) in [6.45, 7) is 2.82. The third kappa shape index (κ3) is 6.66. The van der Waals surface area contributed by atoms with Crippen molar-refractivity contribution in [1.82, 2.24) is 10.6 Å². The zero-order valence-electron chi connectivity index (χ0n) is 16.7. The molecule has 0 radical (unpaired) electrons. The Hall–Kier alpha value is -2.23. The summed E-state index contributed by atoms with van der Waals surface area (Å²) in [6, 6.07) is 14.5. The van der Waals surface area contributed by atoms with E-state index >= 15 is 0 Å². The third-order valence-electron chi connectivity index (χ3n) is 4.64. The van der Waals surface area contributed by atoms with Gasteiger partial charge >= 0.3 is 0 Å². The number of rotatable bonds is 7. The lowest BCUT2D eigenvalue weighted by atomic mass is 10.2. The maximum atomic E-state index is 13.2. The zero-order valence-corrected chi connectivity index (χ0v) is 19.1. The van der Waals surface area contributed by atoms with Gasteiger partial charge in [0.1, 0.15) is 23.9 Å². The number of methoxy groups -OCH3 is 1. The predicted octanol–water partition coefficient (Wildman–Crippen LogP) is 3.28. The summed E-state index contributed by atoms with van der Waals surface area (Å²) >= 11 is 0. The van der Waals surface area contributed by atoms with Crippen LogP contribution in [0.2, 0.25) is 0 Å². The van der Waals surface area contributed by atoms with Gasteiger partial charge in [0.05, 0.1) is 19.3 Å². The van der Waals surface area contributed by atoms with Gasteiger partial charge in [-0.05, 0) is 30.7 Å². The Morgan fingerprint density at radius 2 is 2.07 bits per heavy atom. The van der Waals surface area contributed by atoms with Crippen molar-refractivity contribution in [2.45, 2.75) is 12.5 Å². The van der Waals surface area contributed by atoms with Crippen LogP contribution in [0, 0.1) is 5.82 Å². The number of para-hydroxylation sites is 2. The molecule has 2 aromatic rings. The highest BCUT2D eigenvalue weighted by atomic mass is 127. The average Bonchev–Trinajstić information content (AvgIpc) is 3.18. The number of anilines is 1. The fourth-order valence-electron chi connectivity index (χ4n) is 3.27. The van der Waals surface area contributed by atoms with Crippen molar-refractivity contribution >= 4 is 35.6 Å². The fraction of sp³-hybridized carbons (Fsp3) is 0.381. The first-order valence-corrected chi connectivity index (χ1v) is 9.43. The summed E-state index contributed by atoms with van der Waals surface area (Å²) in [6.07, 6.45) is 1.01. The van der Waals surface area contributed by atoms with Gasteiger partial charge in [0, 0.05) is 32.2 Å². The Balaban J connectivity index is 0.00000300. The largest absolute Gasteiger partial charge is 0.495 e. The van der Waals surface area contributed by atoms with Crippen molar-refractivity contribution in [3.8, 4) is 11.5 Å². The molecule has 0 saturated carbocycles. The van der Waals surface area contributed by atoms with Crippen LogP contribution in [0.4, 0.5) is 10.1 Å². The number of halogens is 2. The van der Waals surface area contributed by atoms with Gasteiger partial charge in [-0.15, -0.1) is 24.0 Å². The second kappa shape index (κ2) is 11.7. The van der Waals surface area contributed by atoms with Gasteiger partial charge < -0.3 is 25.0 Å². The van der Waals surface area contributed by atoms with Crippen LogP contribution in [0.15, 0.2) is 53.5 Å². The van der Waals surface area contributed by atoms with Crippen molar-refractivity contribution in [1.29, 1.82) is 0 Å². The Morgan fingerprint density at radius 3 is 2.83 bits per heavy atom. The van der Waals surface area contributed by atoms with E-state index in [1.807, 2.05) is 18.2 Å². The molecule has 8 heteroatoms. The average molecular weight is 514 g/mol. The second-order valence-electron chi connectivity index (χ2n) is 6.55. The first kappa shape index (κ1) is 23.1. The number of nitrogens with zero attached hydrogens (tertiary/aromatic N) is 2. The van der Waals surface area contributed by atoms with Crippen LogP contribution in [-0.4, -0.2) is 52.4 Å². The van der Waals surface area contributed by atoms with Crippen molar-refractivity contribution in [3.63, 3.8) is 0 Å². The van der Waals surface area contributed by atoms with E-state index in [4.69, 9.17) is 9.47 Å². The monoisotopic (exact) mass is 514 g/mol. The highest BCUT2D eigenvalue weighted by molar-refractivity contribution is 14.0. The van der Waals surface area contributed by atoms with Crippen molar-refractivity contribution in [2.75, 3.05) is 45.3 Å². The molecule has 0 bridgehead atoms. The maximum absolute atomic E-state index is 13.2. The number of guanidine groups is 1. The maximum Gasteiger partial charge on any atom is 0.191 e. The number of hydrogen-bond acceptors (Lipinski definition) is 4.